The summed E-state index contributed by atoms with van der Waals surface area (Å²) in [5.74, 6) is -0.319. The molecule has 5 rings (SSSR count). The molecule has 0 saturated carbocycles. The Balaban J connectivity index is 1.65. The van der Waals surface area contributed by atoms with Crippen LogP contribution < -0.4 is 4.90 Å². The zero-order valence-electron chi connectivity index (χ0n) is 17.0. The van der Waals surface area contributed by atoms with Crippen LogP contribution in [0, 0.1) is 6.92 Å². The van der Waals surface area contributed by atoms with E-state index in [0.717, 1.165) is 11.3 Å². The molecule has 1 aliphatic rings. The van der Waals surface area contributed by atoms with Gasteiger partial charge in [0.05, 0.1) is 33.6 Å². The third-order valence-electron chi connectivity index (χ3n) is 5.54. The van der Waals surface area contributed by atoms with Crippen molar-refractivity contribution in [1.82, 2.24) is 14.8 Å². The molecule has 0 spiro atoms. The Hall–Kier alpha value is -3.80. The van der Waals surface area contributed by atoms with Gasteiger partial charge in [-0.15, -0.1) is 0 Å². The van der Waals surface area contributed by atoms with Crippen LogP contribution in [0.2, 0.25) is 0 Å². The second-order valence-corrected chi connectivity index (χ2v) is 7.77. The van der Waals surface area contributed by atoms with Gasteiger partial charge >= 0.3 is 0 Å². The molecule has 30 heavy (non-hydrogen) atoms. The van der Waals surface area contributed by atoms with E-state index in [0.29, 0.717) is 39.5 Å². The molecule has 0 atom stereocenters. The molecule has 0 aliphatic carbocycles. The first-order valence-corrected chi connectivity index (χ1v) is 9.90. The second kappa shape index (κ2) is 6.62. The number of carbonyl (C=O) groups excluding carboxylic acids is 2. The highest BCUT2D eigenvalue weighted by Crippen LogP contribution is 2.34. The Morgan fingerprint density at radius 1 is 0.867 bits per heavy atom. The van der Waals surface area contributed by atoms with Gasteiger partial charge in [-0.05, 0) is 42.7 Å². The minimum Gasteiger partial charge on any atom is -0.268 e. The van der Waals surface area contributed by atoms with E-state index in [2.05, 4.69) is 23.9 Å². The Labute approximate surface area is 173 Å². The molecule has 4 aromatic rings. The Morgan fingerprint density at radius 2 is 1.57 bits per heavy atom. The molecule has 6 heteroatoms. The van der Waals surface area contributed by atoms with E-state index in [9.17, 15) is 9.59 Å². The van der Waals surface area contributed by atoms with Crippen molar-refractivity contribution >= 4 is 28.5 Å². The van der Waals surface area contributed by atoms with Crippen LogP contribution >= 0.6 is 0 Å². The van der Waals surface area contributed by atoms with Gasteiger partial charge in [-0.2, -0.15) is 5.10 Å². The fraction of sp³-hybridized carbons (Fsp3) is 0.167. The molecule has 0 N–H and O–H groups in total. The summed E-state index contributed by atoms with van der Waals surface area (Å²) in [5.41, 5.74) is 4.48. The lowest BCUT2D eigenvalue weighted by atomic mass is 10.0. The number of amides is 2. The lowest BCUT2D eigenvalue weighted by molar-refractivity contribution is 0.0926. The third-order valence-corrected chi connectivity index (χ3v) is 5.54. The highest BCUT2D eigenvalue weighted by Gasteiger charge is 2.40. The van der Waals surface area contributed by atoms with Crippen LogP contribution in [-0.2, 0) is 0 Å². The van der Waals surface area contributed by atoms with Crippen LogP contribution in [0.25, 0.3) is 16.7 Å². The monoisotopic (exact) mass is 396 g/mol. The average Bonchev–Trinajstić information content (AvgIpc) is 3.23. The number of carbonyl (C=O) groups is 2. The van der Waals surface area contributed by atoms with E-state index in [1.807, 2.05) is 61.5 Å². The first-order chi connectivity index (χ1) is 14.5. The number of nitrogens with zero attached hydrogens (tertiary/aromatic N) is 4. The summed E-state index contributed by atoms with van der Waals surface area (Å²) in [6.07, 6.45) is 1.49. The predicted octanol–water partition coefficient (Wildman–Crippen LogP) is 4.65. The van der Waals surface area contributed by atoms with E-state index in [4.69, 9.17) is 0 Å². The number of aryl methyl sites for hydroxylation is 1. The molecular weight excluding hydrogens is 376 g/mol. The van der Waals surface area contributed by atoms with Crippen molar-refractivity contribution < 1.29 is 9.59 Å². The normalized spacial score (nSPS) is 13.5. The van der Waals surface area contributed by atoms with Crippen LogP contribution in [0.1, 0.15) is 51.7 Å². The molecular formula is C24H20N4O2. The molecule has 1 aliphatic heterocycles. The molecule has 0 unspecified atom stereocenters. The van der Waals surface area contributed by atoms with Crippen molar-refractivity contribution in [2.24, 2.45) is 0 Å². The topological polar surface area (TPSA) is 68.1 Å². The largest absolute Gasteiger partial charge is 0.268 e. The van der Waals surface area contributed by atoms with Gasteiger partial charge in [-0.1, -0.05) is 44.2 Å². The maximum atomic E-state index is 13.4. The fourth-order valence-electron chi connectivity index (χ4n) is 3.95. The summed E-state index contributed by atoms with van der Waals surface area (Å²) in [6, 6.07) is 17.2. The van der Waals surface area contributed by atoms with Gasteiger partial charge in [0, 0.05) is 6.20 Å². The van der Waals surface area contributed by atoms with Crippen LogP contribution in [-0.4, -0.2) is 26.6 Å². The van der Waals surface area contributed by atoms with Crippen molar-refractivity contribution in [1.29, 1.82) is 0 Å². The van der Waals surface area contributed by atoms with E-state index >= 15 is 0 Å². The Bertz CT molecular complexity index is 1300. The molecule has 148 valence electrons. The summed E-state index contributed by atoms with van der Waals surface area (Å²) < 4.78 is 1.71. The third kappa shape index (κ3) is 2.57. The molecule has 0 fully saturated rings. The number of benzene rings is 2. The second-order valence-electron chi connectivity index (χ2n) is 7.77. The number of hydrogen-bond donors (Lipinski definition) is 0. The zero-order valence-corrected chi connectivity index (χ0v) is 17.0. The first-order valence-electron chi connectivity index (χ1n) is 9.90. The fourth-order valence-corrected chi connectivity index (χ4v) is 3.95. The number of aromatic nitrogens is 3. The van der Waals surface area contributed by atoms with Gasteiger partial charge in [0.2, 0.25) is 0 Å². The molecule has 2 amide bonds. The van der Waals surface area contributed by atoms with Crippen LogP contribution in [0.4, 0.5) is 5.69 Å². The van der Waals surface area contributed by atoms with E-state index < -0.39 is 0 Å². The highest BCUT2D eigenvalue weighted by molar-refractivity contribution is 6.37. The molecule has 0 bridgehead atoms. The van der Waals surface area contributed by atoms with Gasteiger partial charge in [0.1, 0.15) is 0 Å². The molecule has 0 radical (unpaired) electrons. The van der Waals surface area contributed by atoms with Gasteiger partial charge in [0.15, 0.2) is 5.65 Å². The van der Waals surface area contributed by atoms with Gasteiger partial charge in [-0.25, -0.2) is 14.6 Å². The Kier molecular flexibility index (Phi) is 4.03. The van der Waals surface area contributed by atoms with Crippen molar-refractivity contribution in [3.63, 3.8) is 0 Å². The van der Waals surface area contributed by atoms with Gasteiger partial charge in [0.25, 0.3) is 11.8 Å². The van der Waals surface area contributed by atoms with Crippen molar-refractivity contribution in [3.05, 3.63) is 83.2 Å². The van der Waals surface area contributed by atoms with Gasteiger partial charge < -0.3 is 0 Å². The number of hydrogen-bond acceptors (Lipinski definition) is 4. The number of para-hydroxylation sites is 1. The molecule has 6 nitrogen and oxygen atoms in total. The molecule has 2 aromatic carbocycles. The smallest absolute Gasteiger partial charge is 0.267 e. The van der Waals surface area contributed by atoms with Crippen LogP contribution in [0.15, 0.2) is 60.8 Å². The van der Waals surface area contributed by atoms with E-state index in [1.54, 1.807) is 4.68 Å². The molecule has 0 saturated heterocycles. The maximum absolute atomic E-state index is 13.4. The standard InChI is InChI=1S/C24H20N4O2/c1-14(2)16-9-11-17(12-10-16)27-23(29)19-13-25-22-20(21(19)24(27)30)15(3)26-28(22)18-7-5-4-6-8-18/h4-14H,1-3H3. The number of pyridine rings is 1. The van der Waals surface area contributed by atoms with Gasteiger partial charge in [-0.3, -0.25) is 9.59 Å². The van der Waals surface area contributed by atoms with Crippen LogP contribution in [0.5, 0.6) is 0 Å². The summed E-state index contributed by atoms with van der Waals surface area (Å²) in [6.45, 7) is 6.04. The van der Waals surface area contributed by atoms with Crippen molar-refractivity contribution in [3.8, 4) is 5.69 Å². The lowest BCUT2D eigenvalue weighted by Crippen LogP contribution is -2.29. The SMILES string of the molecule is Cc1nn(-c2ccccc2)c2ncc3c(c12)C(=O)N(c1ccc(C(C)C)cc1)C3=O. The molecule has 2 aromatic heterocycles. The van der Waals surface area contributed by atoms with Crippen LogP contribution in [0.3, 0.4) is 0 Å². The number of anilines is 1. The van der Waals surface area contributed by atoms with Crippen molar-refractivity contribution in [2.75, 3.05) is 4.90 Å². The predicted molar refractivity (Wildman–Crippen MR) is 115 cm³/mol. The number of fused-ring (bicyclic) bond motifs is 3. The lowest BCUT2D eigenvalue weighted by Gasteiger charge is -2.15. The summed E-state index contributed by atoms with van der Waals surface area (Å²) in [7, 11) is 0. The maximum Gasteiger partial charge on any atom is 0.267 e. The summed E-state index contributed by atoms with van der Waals surface area (Å²) >= 11 is 0. The average molecular weight is 396 g/mol. The molecule has 3 heterocycles. The van der Waals surface area contributed by atoms with E-state index in [1.165, 1.54) is 11.1 Å². The first kappa shape index (κ1) is 18.2. The number of imide groups is 1. The minimum atomic E-state index is -0.353. The minimum absolute atomic E-state index is 0.316. The van der Waals surface area contributed by atoms with Crippen molar-refractivity contribution in [2.45, 2.75) is 26.7 Å². The quantitative estimate of drug-likeness (QED) is 0.473. The summed E-state index contributed by atoms with van der Waals surface area (Å²) in [4.78, 5) is 32.2. The number of rotatable bonds is 3. The zero-order chi connectivity index (χ0) is 21.0. The summed E-state index contributed by atoms with van der Waals surface area (Å²) in [5, 5.41) is 5.22. The van der Waals surface area contributed by atoms with E-state index in [-0.39, 0.29) is 11.8 Å². The Morgan fingerprint density at radius 3 is 2.23 bits per heavy atom. The highest BCUT2D eigenvalue weighted by atomic mass is 16.2.